The third kappa shape index (κ3) is 6.54. The van der Waals surface area contributed by atoms with Crippen LogP contribution >= 0.6 is 0 Å². The van der Waals surface area contributed by atoms with Gasteiger partial charge in [0.1, 0.15) is 6.04 Å². The lowest BCUT2D eigenvalue weighted by atomic mass is 10.1. The molecule has 0 saturated carbocycles. The Bertz CT molecular complexity index is 290. The first-order chi connectivity index (χ1) is 9.13. The van der Waals surface area contributed by atoms with Crippen LogP contribution in [0, 0.1) is 0 Å². The normalized spacial score (nSPS) is 17.9. The van der Waals surface area contributed by atoms with Crippen LogP contribution in [-0.4, -0.2) is 48.8 Å². The summed E-state index contributed by atoms with van der Waals surface area (Å²) in [4.78, 5) is 22.5. The van der Waals surface area contributed by atoms with Crippen molar-refractivity contribution in [2.75, 3.05) is 19.7 Å². The van der Waals surface area contributed by atoms with Crippen LogP contribution in [-0.2, 0) is 14.3 Å². The predicted octanol–water partition coefficient (Wildman–Crippen LogP) is 0.515. The van der Waals surface area contributed by atoms with E-state index in [9.17, 15) is 9.59 Å². The molecule has 1 heterocycles. The highest BCUT2D eigenvalue weighted by atomic mass is 16.5. The molecule has 1 aliphatic rings. The monoisotopic (exact) mass is 272 g/mol. The number of hydrogen-bond acceptors (Lipinski definition) is 4. The number of amides is 1. The Kier molecular flexibility index (Phi) is 7.43. The van der Waals surface area contributed by atoms with Crippen molar-refractivity contribution in [2.45, 2.75) is 51.2 Å². The molecule has 1 atom stereocenters. The van der Waals surface area contributed by atoms with Gasteiger partial charge in [0.2, 0.25) is 5.91 Å². The number of piperidine rings is 1. The van der Waals surface area contributed by atoms with Crippen LogP contribution in [0.25, 0.3) is 0 Å². The van der Waals surface area contributed by atoms with Crippen molar-refractivity contribution in [3.63, 3.8) is 0 Å². The largest absolute Gasteiger partial charge is 0.480 e. The zero-order valence-electron chi connectivity index (χ0n) is 11.5. The van der Waals surface area contributed by atoms with Gasteiger partial charge in [-0.1, -0.05) is 13.3 Å². The molecule has 0 aliphatic carbocycles. The number of aliphatic carboxylic acids is 1. The lowest BCUT2D eigenvalue weighted by Crippen LogP contribution is -2.41. The van der Waals surface area contributed by atoms with Crippen LogP contribution < -0.4 is 10.6 Å². The van der Waals surface area contributed by atoms with Crippen molar-refractivity contribution >= 4 is 11.9 Å². The molecule has 0 aromatic heterocycles. The highest BCUT2D eigenvalue weighted by molar-refractivity contribution is 5.83. The maximum absolute atomic E-state index is 11.6. The summed E-state index contributed by atoms with van der Waals surface area (Å²) in [5.41, 5.74) is 0. The van der Waals surface area contributed by atoms with E-state index in [2.05, 4.69) is 10.6 Å². The standard InChI is InChI=1S/C13H24N2O4/c1-2-3-11(13(17)18)15-12(16)6-9-19-10-4-7-14-8-5-10/h10-11,14H,2-9H2,1H3,(H,15,16)(H,17,18). The SMILES string of the molecule is CCCC(NC(=O)CCOC1CCNCC1)C(=O)O. The zero-order valence-corrected chi connectivity index (χ0v) is 11.5. The second kappa shape index (κ2) is 8.87. The van der Waals surface area contributed by atoms with Gasteiger partial charge in [-0.05, 0) is 32.4 Å². The van der Waals surface area contributed by atoms with Crippen LogP contribution in [0.3, 0.4) is 0 Å². The van der Waals surface area contributed by atoms with Gasteiger partial charge in [-0.25, -0.2) is 4.79 Å². The highest BCUT2D eigenvalue weighted by Crippen LogP contribution is 2.07. The molecule has 0 bridgehead atoms. The molecule has 3 N–H and O–H groups in total. The number of nitrogens with one attached hydrogen (secondary N) is 2. The first-order valence-electron chi connectivity index (χ1n) is 6.98. The molecule has 0 radical (unpaired) electrons. The summed E-state index contributed by atoms with van der Waals surface area (Å²) in [6.07, 6.45) is 3.56. The van der Waals surface area contributed by atoms with Crippen molar-refractivity contribution in [3.05, 3.63) is 0 Å². The molecule has 0 aromatic carbocycles. The van der Waals surface area contributed by atoms with Crippen LogP contribution in [0.1, 0.15) is 39.0 Å². The maximum atomic E-state index is 11.6. The number of carbonyl (C=O) groups is 2. The van der Waals surface area contributed by atoms with E-state index in [4.69, 9.17) is 9.84 Å². The van der Waals surface area contributed by atoms with Crippen molar-refractivity contribution in [3.8, 4) is 0 Å². The molecule has 110 valence electrons. The first kappa shape index (κ1) is 15.9. The van der Waals surface area contributed by atoms with E-state index in [1.165, 1.54) is 0 Å². The van der Waals surface area contributed by atoms with Gasteiger partial charge in [0.05, 0.1) is 12.7 Å². The van der Waals surface area contributed by atoms with Crippen molar-refractivity contribution in [1.29, 1.82) is 0 Å². The van der Waals surface area contributed by atoms with E-state index < -0.39 is 12.0 Å². The molecule has 1 rings (SSSR count). The van der Waals surface area contributed by atoms with Gasteiger partial charge in [0.15, 0.2) is 0 Å². The summed E-state index contributed by atoms with van der Waals surface area (Å²) in [6, 6.07) is -0.781. The minimum Gasteiger partial charge on any atom is -0.480 e. The summed E-state index contributed by atoms with van der Waals surface area (Å²) in [5, 5.41) is 14.7. The number of rotatable bonds is 8. The summed E-state index contributed by atoms with van der Waals surface area (Å²) >= 11 is 0. The average Bonchev–Trinajstić information content (AvgIpc) is 2.39. The van der Waals surface area contributed by atoms with Crippen molar-refractivity contribution < 1.29 is 19.4 Å². The van der Waals surface area contributed by atoms with E-state index in [1.807, 2.05) is 6.92 Å². The quantitative estimate of drug-likeness (QED) is 0.599. The molecule has 6 nitrogen and oxygen atoms in total. The number of ether oxygens (including phenoxy) is 1. The van der Waals surface area contributed by atoms with Crippen molar-refractivity contribution in [2.24, 2.45) is 0 Å². The summed E-state index contributed by atoms with van der Waals surface area (Å²) in [6.45, 7) is 4.15. The molecule has 0 spiro atoms. The Hall–Kier alpha value is -1.14. The second-order valence-electron chi connectivity index (χ2n) is 4.82. The van der Waals surface area contributed by atoms with Crippen LogP contribution in [0.15, 0.2) is 0 Å². The number of carboxylic acids is 1. The van der Waals surface area contributed by atoms with E-state index in [1.54, 1.807) is 0 Å². The summed E-state index contributed by atoms with van der Waals surface area (Å²) in [5.74, 6) is -1.23. The number of carbonyl (C=O) groups excluding carboxylic acids is 1. The lowest BCUT2D eigenvalue weighted by molar-refractivity contribution is -0.142. The Morgan fingerprint density at radius 3 is 2.68 bits per heavy atom. The molecule has 19 heavy (non-hydrogen) atoms. The Labute approximate surface area is 113 Å². The predicted molar refractivity (Wildman–Crippen MR) is 70.9 cm³/mol. The maximum Gasteiger partial charge on any atom is 0.326 e. The fourth-order valence-electron chi connectivity index (χ4n) is 2.09. The molecule has 1 fully saturated rings. The highest BCUT2D eigenvalue weighted by Gasteiger charge is 2.19. The fourth-order valence-corrected chi connectivity index (χ4v) is 2.09. The van der Waals surface area contributed by atoms with Gasteiger partial charge < -0.3 is 20.5 Å². The Morgan fingerprint density at radius 1 is 1.42 bits per heavy atom. The first-order valence-corrected chi connectivity index (χ1v) is 6.98. The lowest BCUT2D eigenvalue weighted by Gasteiger charge is -2.23. The van der Waals surface area contributed by atoms with Gasteiger partial charge in [-0.2, -0.15) is 0 Å². The molecular weight excluding hydrogens is 248 g/mol. The Balaban J connectivity index is 2.17. The van der Waals surface area contributed by atoms with Crippen LogP contribution in [0.5, 0.6) is 0 Å². The average molecular weight is 272 g/mol. The van der Waals surface area contributed by atoms with E-state index in [0.29, 0.717) is 13.0 Å². The van der Waals surface area contributed by atoms with E-state index in [0.717, 1.165) is 32.4 Å². The van der Waals surface area contributed by atoms with Gasteiger partial charge in [0.25, 0.3) is 0 Å². The minimum atomic E-state index is -0.977. The smallest absolute Gasteiger partial charge is 0.326 e. The molecule has 1 unspecified atom stereocenters. The molecule has 0 aromatic rings. The van der Waals surface area contributed by atoms with Crippen molar-refractivity contribution in [1.82, 2.24) is 10.6 Å². The van der Waals surface area contributed by atoms with Gasteiger partial charge in [-0.3, -0.25) is 4.79 Å². The topological polar surface area (TPSA) is 87.7 Å². The summed E-state index contributed by atoms with van der Waals surface area (Å²) in [7, 11) is 0. The second-order valence-corrected chi connectivity index (χ2v) is 4.82. The molecule has 6 heteroatoms. The third-order valence-electron chi connectivity index (χ3n) is 3.18. The number of carboxylic acid groups (broad SMARTS) is 1. The van der Waals surface area contributed by atoms with Gasteiger partial charge in [0, 0.05) is 6.42 Å². The summed E-state index contributed by atoms with van der Waals surface area (Å²) < 4.78 is 5.61. The van der Waals surface area contributed by atoms with Gasteiger partial charge in [-0.15, -0.1) is 0 Å². The minimum absolute atomic E-state index is 0.220. The molecule has 1 aliphatic heterocycles. The zero-order chi connectivity index (χ0) is 14.1. The molecular formula is C13H24N2O4. The third-order valence-corrected chi connectivity index (χ3v) is 3.18. The Morgan fingerprint density at radius 2 is 2.11 bits per heavy atom. The van der Waals surface area contributed by atoms with E-state index in [-0.39, 0.29) is 18.4 Å². The molecule has 1 saturated heterocycles. The molecule has 1 amide bonds. The van der Waals surface area contributed by atoms with E-state index >= 15 is 0 Å². The fraction of sp³-hybridized carbons (Fsp3) is 0.846. The van der Waals surface area contributed by atoms with Crippen LogP contribution in [0.4, 0.5) is 0 Å². The number of hydrogen-bond donors (Lipinski definition) is 3. The van der Waals surface area contributed by atoms with Crippen LogP contribution in [0.2, 0.25) is 0 Å². The van der Waals surface area contributed by atoms with Gasteiger partial charge >= 0.3 is 5.97 Å².